The number of aryl methyl sites for hydroxylation is 3. The van der Waals surface area contributed by atoms with Crippen molar-refractivity contribution in [3.05, 3.63) is 87.1 Å². The number of anilines is 3. The van der Waals surface area contributed by atoms with E-state index in [0.29, 0.717) is 23.6 Å². The Hall–Kier alpha value is -5.37. The van der Waals surface area contributed by atoms with E-state index in [9.17, 15) is 18.4 Å². The Bertz CT molecular complexity index is 2180. The van der Waals surface area contributed by atoms with Gasteiger partial charge in [0, 0.05) is 101 Å². The van der Waals surface area contributed by atoms with E-state index in [0.717, 1.165) is 104 Å². The zero-order valence-corrected chi connectivity index (χ0v) is 30.4. The smallest absolute Gasteiger partial charge is 0.328 e. The number of hydrogen-bond donors (Lipinski definition) is 2. The van der Waals surface area contributed by atoms with Crippen LogP contribution in [0.25, 0.3) is 22.2 Å². The molecule has 1 amide bonds. The summed E-state index contributed by atoms with van der Waals surface area (Å²) in [7, 11) is 5.18. The second-order valence-electron chi connectivity index (χ2n) is 14.2. The number of benzene rings is 2. The quantitative estimate of drug-likeness (QED) is 0.235. The number of aliphatic imine (C=N–C) groups is 1. The fourth-order valence-corrected chi connectivity index (χ4v) is 8.18. The second kappa shape index (κ2) is 14.9. The lowest BCUT2D eigenvalue weighted by Crippen LogP contribution is -2.40. The Balaban J connectivity index is 1.14. The van der Waals surface area contributed by atoms with Crippen molar-refractivity contribution >= 4 is 51.5 Å². The maximum Gasteiger partial charge on any atom is 0.328 e. The van der Waals surface area contributed by atoms with Crippen molar-refractivity contribution < 1.29 is 13.6 Å². The third kappa shape index (κ3) is 6.95. The van der Waals surface area contributed by atoms with E-state index in [-0.39, 0.29) is 16.9 Å². The van der Waals surface area contributed by atoms with Gasteiger partial charge in [0.05, 0.1) is 11.0 Å². The number of piperidine rings is 1. The Labute approximate surface area is 307 Å². The molecular formula is C39H46F2N10O2. The number of imidazole rings is 1. The Morgan fingerprint density at radius 1 is 1.04 bits per heavy atom. The number of allylic oxidation sites excluding steroid dienone is 1. The van der Waals surface area contributed by atoms with Gasteiger partial charge in [-0.15, -0.1) is 10.2 Å². The number of hydrogen-bond acceptors (Lipinski definition) is 9. The first kappa shape index (κ1) is 36.0. The highest BCUT2D eigenvalue weighted by Gasteiger charge is 2.28. The maximum absolute atomic E-state index is 14.6. The third-order valence-corrected chi connectivity index (χ3v) is 11.0. The lowest BCUT2D eigenvalue weighted by atomic mass is 9.91. The number of rotatable bonds is 9. The minimum absolute atomic E-state index is 0.0889. The summed E-state index contributed by atoms with van der Waals surface area (Å²) in [6.07, 6.45) is 6.90. The summed E-state index contributed by atoms with van der Waals surface area (Å²) < 4.78 is 32.5. The van der Waals surface area contributed by atoms with E-state index in [1.165, 1.54) is 18.0 Å². The van der Waals surface area contributed by atoms with Crippen molar-refractivity contribution in [2.45, 2.75) is 38.5 Å². The van der Waals surface area contributed by atoms with E-state index >= 15 is 0 Å². The van der Waals surface area contributed by atoms with Crippen LogP contribution < -0.4 is 27.0 Å². The summed E-state index contributed by atoms with van der Waals surface area (Å²) >= 11 is 0. The largest absolute Gasteiger partial charge is 0.404 e. The fourth-order valence-electron chi connectivity index (χ4n) is 8.18. The molecule has 0 spiro atoms. The number of aromatic nitrogens is 4. The van der Waals surface area contributed by atoms with Crippen LogP contribution in [0.15, 0.2) is 58.5 Å². The van der Waals surface area contributed by atoms with Gasteiger partial charge in [-0.3, -0.25) is 23.8 Å². The lowest BCUT2D eigenvalue weighted by Gasteiger charge is -2.36. The zero-order valence-electron chi connectivity index (χ0n) is 30.4. The molecule has 14 heteroatoms. The number of halogens is 2. The van der Waals surface area contributed by atoms with Crippen LogP contribution in [0, 0.1) is 5.92 Å². The summed E-state index contributed by atoms with van der Waals surface area (Å²) in [5.41, 5.74) is 18.4. The summed E-state index contributed by atoms with van der Waals surface area (Å²) in [4.78, 5) is 35.5. The highest BCUT2D eigenvalue weighted by atomic mass is 19.3. The summed E-state index contributed by atoms with van der Waals surface area (Å²) in [6, 6.07) is 11.0. The second-order valence-corrected chi connectivity index (χ2v) is 14.2. The molecule has 3 aliphatic heterocycles. The third-order valence-electron chi connectivity index (χ3n) is 11.0. The molecule has 3 aliphatic rings. The molecular weight excluding hydrogens is 678 g/mol. The molecule has 4 N–H and O–H groups in total. The molecule has 53 heavy (non-hydrogen) atoms. The van der Waals surface area contributed by atoms with Crippen molar-refractivity contribution in [2.24, 2.45) is 36.5 Å². The van der Waals surface area contributed by atoms with E-state index in [2.05, 4.69) is 42.0 Å². The molecule has 278 valence electrons. The summed E-state index contributed by atoms with van der Waals surface area (Å²) in [5.74, 6) is 0.722. The molecule has 1 saturated heterocycles. The predicted octanol–water partition coefficient (Wildman–Crippen LogP) is 4.79. The van der Waals surface area contributed by atoms with Gasteiger partial charge in [-0.05, 0) is 91.1 Å². The van der Waals surface area contributed by atoms with Crippen molar-refractivity contribution in [2.75, 3.05) is 56.1 Å². The van der Waals surface area contributed by atoms with Gasteiger partial charge in [-0.25, -0.2) is 13.6 Å². The molecule has 12 nitrogen and oxygen atoms in total. The Kier molecular flexibility index (Phi) is 10.1. The van der Waals surface area contributed by atoms with Gasteiger partial charge in [-0.2, -0.15) is 0 Å². The van der Waals surface area contributed by atoms with E-state index in [1.807, 2.05) is 19.2 Å². The maximum atomic E-state index is 14.6. The summed E-state index contributed by atoms with van der Waals surface area (Å²) in [5, 5.41) is 8.16. The highest BCUT2D eigenvalue weighted by Crippen LogP contribution is 2.42. The van der Waals surface area contributed by atoms with Gasteiger partial charge in [-0.1, -0.05) is 6.08 Å². The number of carbonyl (C=O) groups is 1. The minimum Gasteiger partial charge on any atom is -0.404 e. The highest BCUT2D eigenvalue weighted by molar-refractivity contribution is 6.10. The van der Waals surface area contributed by atoms with E-state index < -0.39 is 12.3 Å². The van der Waals surface area contributed by atoms with Gasteiger partial charge < -0.3 is 21.3 Å². The average Bonchev–Trinajstić information content (AvgIpc) is 3.39. The topological polar surface area (TPSA) is 144 Å². The van der Waals surface area contributed by atoms with Crippen molar-refractivity contribution in [3.8, 4) is 0 Å². The van der Waals surface area contributed by atoms with Crippen LogP contribution in [0.2, 0.25) is 0 Å². The number of nitrogens with zero attached hydrogens (tertiary/aromatic N) is 8. The van der Waals surface area contributed by atoms with Crippen LogP contribution in [0.5, 0.6) is 0 Å². The fraction of sp³-hybridized carbons (Fsp3) is 0.410. The van der Waals surface area contributed by atoms with Crippen LogP contribution in [-0.2, 0) is 20.5 Å². The van der Waals surface area contributed by atoms with Gasteiger partial charge >= 0.3 is 5.69 Å². The first-order chi connectivity index (χ1) is 25.6. The first-order valence-electron chi connectivity index (χ1n) is 18.1. The van der Waals surface area contributed by atoms with Crippen molar-refractivity contribution in [1.29, 1.82) is 0 Å². The van der Waals surface area contributed by atoms with Crippen molar-refractivity contribution in [3.63, 3.8) is 0 Å². The molecule has 5 heterocycles. The van der Waals surface area contributed by atoms with Crippen LogP contribution >= 0.6 is 0 Å². The van der Waals surface area contributed by atoms with Crippen LogP contribution in [0.4, 0.5) is 26.0 Å². The molecule has 0 aliphatic carbocycles. The molecule has 4 aromatic rings. The minimum atomic E-state index is -2.70. The van der Waals surface area contributed by atoms with E-state index in [4.69, 9.17) is 11.5 Å². The van der Waals surface area contributed by atoms with Crippen molar-refractivity contribution in [1.82, 2.24) is 24.2 Å². The molecule has 1 fully saturated rings. The molecule has 0 bridgehead atoms. The Morgan fingerprint density at radius 3 is 2.47 bits per heavy atom. The number of alkyl halides is 2. The number of amides is 1. The normalized spacial score (nSPS) is 17.6. The first-order valence-corrected chi connectivity index (χ1v) is 18.1. The Morgan fingerprint density at radius 2 is 1.83 bits per heavy atom. The van der Waals surface area contributed by atoms with Gasteiger partial charge in [0.15, 0.2) is 11.5 Å². The lowest BCUT2D eigenvalue weighted by molar-refractivity contribution is 0.0994. The van der Waals surface area contributed by atoms with Gasteiger partial charge in [0.2, 0.25) is 0 Å². The van der Waals surface area contributed by atoms with Gasteiger partial charge in [0.25, 0.3) is 12.3 Å². The SMILES string of the molecule is CN=C/C(=C\N)c1cc2c(cc1C(F)F)N(c1cc(C3=CCN(CC4CCN(c5ccc(C(N)=O)nn5)CC4)CC3)c3c(c1)n(C)c(=O)n3C)CCC2. The number of carbonyl (C=O) groups excluding carboxylic acids is 1. The molecule has 7 rings (SSSR count). The number of nitrogens with two attached hydrogens (primary N) is 2. The number of fused-ring (bicyclic) bond motifs is 2. The standard InChI is InChI=1S/C39H46F2N10O2/c1-44-22-27(21-42)29-17-26-5-4-12-51(33(26)20-31(29)37(40)41)28-18-30(36-34(19-28)47(2)39(53)48(36)3)25-10-13-49(14-11-25)23-24-8-15-50(16-9-24)35-7-6-32(38(43)52)45-46-35/h6-7,10,17-22,24,37H,4-5,8-9,11-16,23,42H2,1-3H3,(H2,43,52)/b27-21+,44-22?. The van der Waals surface area contributed by atoms with E-state index in [1.54, 1.807) is 41.4 Å². The number of primary amides is 1. The average molecular weight is 725 g/mol. The molecule has 0 radical (unpaired) electrons. The molecule has 2 aromatic heterocycles. The van der Waals surface area contributed by atoms with Crippen LogP contribution in [0.3, 0.4) is 0 Å². The monoisotopic (exact) mass is 724 g/mol. The zero-order chi connectivity index (χ0) is 37.4. The molecule has 0 saturated carbocycles. The molecule has 2 aromatic carbocycles. The molecule has 0 unspecified atom stereocenters. The van der Waals surface area contributed by atoms with Gasteiger partial charge in [0.1, 0.15) is 0 Å². The predicted molar refractivity (Wildman–Crippen MR) is 206 cm³/mol. The van der Waals surface area contributed by atoms with Crippen LogP contribution in [-0.4, -0.2) is 82.7 Å². The van der Waals surface area contributed by atoms with Crippen LogP contribution in [0.1, 0.15) is 64.9 Å². The molecule has 0 atom stereocenters. The summed E-state index contributed by atoms with van der Waals surface area (Å²) in [6.45, 7) is 5.08.